The van der Waals surface area contributed by atoms with Gasteiger partial charge < -0.3 is 13.6 Å². The number of fused-ring (bicyclic) bond motifs is 4. The zero-order valence-electron chi connectivity index (χ0n) is 17.4. The van der Waals surface area contributed by atoms with E-state index in [-0.39, 0.29) is 5.92 Å². The summed E-state index contributed by atoms with van der Waals surface area (Å²) in [4.78, 5) is 9.34. The average molecular weight is 436 g/mol. The lowest BCUT2D eigenvalue weighted by atomic mass is 9.88. The van der Waals surface area contributed by atoms with Gasteiger partial charge in [0.15, 0.2) is 11.4 Å². The fourth-order valence-corrected chi connectivity index (χ4v) is 4.37. The monoisotopic (exact) mass is 436 g/mol. The summed E-state index contributed by atoms with van der Waals surface area (Å²) in [7, 11) is 0. The molecule has 0 aliphatic carbocycles. The fraction of sp³-hybridized carbons (Fsp3) is 0.0833. The quantitative estimate of drug-likeness (QED) is 0.394. The summed E-state index contributed by atoms with van der Waals surface area (Å²) in [5, 5.41) is 9.35. The molecule has 0 saturated heterocycles. The maximum atomic E-state index is 6.36. The molecule has 0 fully saturated rings. The smallest absolute Gasteiger partial charge is 0.230 e. The Morgan fingerprint density at radius 2 is 1.73 bits per heavy atom. The first kappa shape index (κ1) is 18.0. The van der Waals surface area contributed by atoms with Crippen molar-refractivity contribution in [1.29, 1.82) is 0 Å². The van der Waals surface area contributed by atoms with Gasteiger partial charge >= 0.3 is 0 Å². The van der Waals surface area contributed by atoms with Crippen molar-refractivity contribution in [3.05, 3.63) is 96.0 Å². The van der Waals surface area contributed by atoms with Crippen LogP contribution in [0.25, 0.3) is 22.9 Å². The number of ether oxygens (including phenoxy) is 1. The molecule has 33 heavy (non-hydrogen) atoms. The maximum Gasteiger partial charge on any atom is 0.230 e. The molecular formula is C24H16N6O3. The van der Waals surface area contributed by atoms with Gasteiger partial charge in [-0.25, -0.2) is 19.2 Å². The van der Waals surface area contributed by atoms with E-state index in [1.165, 1.54) is 0 Å². The van der Waals surface area contributed by atoms with E-state index in [1.807, 2.05) is 55.5 Å². The highest BCUT2D eigenvalue weighted by Crippen LogP contribution is 2.49. The number of nitrogens with zero attached hydrogens (tertiary/aromatic N) is 6. The summed E-state index contributed by atoms with van der Waals surface area (Å²) in [5.41, 5.74) is 4.01. The summed E-state index contributed by atoms with van der Waals surface area (Å²) in [6.07, 6.45) is 4.84. The maximum absolute atomic E-state index is 6.36. The van der Waals surface area contributed by atoms with Crippen LogP contribution in [0.2, 0.25) is 0 Å². The van der Waals surface area contributed by atoms with Crippen LogP contribution in [-0.4, -0.2) is 29.4 Å². The summed E-state index contributed by atoms with van der Waals surface area (Å²) in [6, 6.07) is 17.3. The van der Waals surface area contributed by atoms with Crippen molar-refractivity contribution in [2.75, 3.05) is 0 Å². The second-order valence-corrected chi connectivity index (χ2v) is 7.75. The topological polar surface area (TPSA) is 96.4 Å². The lowest BCUT2D eigenvalue weighted by Gasteiger charge is -2.24. The summed E-state index contributed by atoms with van der Waals surface area (Å²) in [5.74, 6) is 2.51. The molecule has 0 amide bonds. The molecule has 7 rings (SSSR count). The second kappa shape index (κ2) is 6.67. The molecule has 5 aromatic heterocycles. The molecule has 160 valence electrons. The lowest BCUT2D eigenvalue weighted by Crippen LogP contribution is -2.15. The highest BCUT2D eigenvalue weighted by molar-refractivity contribution is 5.67. The minimum atomic E-state index is -0.318. The van der Waals surface area contributed by atoms with Gasteiger partial charge in [0.1, 0.15) is 12.1 Å². The third kappa shape index (κ3) is 2.59. The van der Waals surface area contributed by atoms with Crippen LogP contribution in [0.5, 0.6) is 11.8 Å². The molecule has 6 aromatic rings. The van der Waals surface area contributed by atoms with Gasteiger partial charge in [0, 0.05) is 0 Å². The molecule has 0 radical (unpaired) electrons. The molecule has 6 heterocycles. The first-order valence-electron chi connectivity index (χ1n) is 10.4. The average Bonchev–Trinajstić information content (AvgIpc) is 3.65. The van der Waals surface area contributed by atoms with Crippen LogP contribution < -0.4 is 4.74 Å². The third-order valence-corrected chi connectivity index (χ3v) is 5.79. The highest BCUT2D eigenvalue weighted by atomic mass is 16.5. The van der Waals surface area contributed by atoms with E-state index >= 15 is 0 Å². The van der Waals surface area contributed by atoms with Gasteiger partial charge in [-0.15, -0.1) is 5.10 Å². The molecule has 0 saturated carbocycles. The Bertz CT molecular complexity index is 1600. The number of hydrogen-bond donors (Lipinski definition) is 0. The van der Waals surface area contributed by atoms with E-state index in [2.05, 4.69) is 10.1 Å². The molecule has 9 nitrogen and oxygen atoms in total. The Hall–Kier alpha value is -4.66. The first-order chi connectivity index (χ1) is 16.3. The third-order valence-electron chi connectivity index (χ3n) is 5.79. The standard InChI is InChI=1S/C24H16N6O3/c1-14-18-19(16-9-5-11-31-16)20-22-26-21(17-10-6-12-32-17)28-29(22)13-25-23(20)33-24(18)30(27-14)15-7-3-2-4-8-15/h2-13,19H,1H3/t19-/m0/s1. The molecule has 1 aliphatic rings. The summed E-state index contributed by atoms with van der Waals surface area (Å²) >= 11 is 0. The number of benzene rings is 1. The van der Waals surface area contributed by atoms with Crippen LogP contribution >= 0.6 is 0 Å². The van der Waals surface area contributed by atoms with Crippen molar-refractivity contribution in [2.24, 2.45) is 0 Å². The van der Waals surface area contributed by atoms with Gasteiger partial charge in [-0.1, -0.05) is 18.2 Å². The predicted octanol–water partition coefficient (Wildman–Crippen LogP) is 4.76. The molecule has 0 spiro atoms. The minimum Gasteiger partial charge on any atom is -0.468 e. The molecule has 1 aromatic carbocycles. The lowest BCUT2D eigenvalue weighted by molar-refractivity contribution is 0.392. The van der Waals surface area contributed by atoms with Crippen molar-refractivity contribution in [3.8, 4) is 29.0 Å². The van der Waals surface area contributed by atoms with Gasteiger partial charge in [-0.3, -0.25) is 0 Å². The van der Waals surface area contributed by atoms with Crippen molar-refractivity contribution in [3.63, 3.8) is 0 Å². The number of aryl methyl sites for hydroxylation is 1. The molecule has 0 unspecified atom stereocenters. The van der Waals surface area contributed by atoms with E-state index in [9.17, 15) is 0 Å². The predicted molar refractivity (Wildman–Crippen MR) is 117 cm³/mol. The Morgan fingerprint density at radius 3 is 2.52 bits per heavy atom. The molecular weight excluding hydrogens is 420 g/mol. The molecule has 0 bridgehead atoms. The van der Waals surface area contributed by atoms with Crippen molar-refractivity contribution >= 4 is 5.65 Å². The van der Waals surface area contributed by atoms with Crippen LogP contribution in [0.15, 0.2) is 82.3 Å². The summed E-state index contributed by atoms with van der Waals surface area (Å²) in [6.45, 7) is 1.97. The van der Waals surface area contributed by atoms with Crippen molar-refractivity contribution in [1.82, 2.24) is 29.4 Å². The van der Waals surface area contributed by atoms with E-state index in [1.54, 1.807) is 34.1 Å². The van der Waals surface area contributed by atoms with E-state index in [4.69, 9.17) is 23.7 Å². The van der Waals surface area contributed by atoms with Crippen LogP contribution in [0.1, 0.15) is 28.5 Å². The Kier molecular flexibility index (Phi) is 3.63. The molecule has 1 aliphatic heterocycles. The Labute approximate surface area is 186 Å². The van der Waals surface area contributed by atoms with Gasteiger partial charge in [0.05, 0.1) is 41.0 Å². The zero-order chi connectivity index (χ0) is 21.9. The Balaban J connectivity index is 1.50. The zero-order valence-corrected chi connectivity index (χ0v) is 17.4. The van der Waals surface area contributed by atoms with Crippen molar-refractivity contribution in [2.45, 2.75) is 12.8 Å². The summed E-state index contributed by atoms with van der Waals surface area (Å²) < 4.78 is 21.2. The normalized spacial score (nSPS) is 14.8. The van der Waals surface area contributed by atoms with Crippen LogP contribution in [0.4, 0.5) is 0 Å². The first-order valence-corrected chi connectivity index (χ1v) is 10.4. The molecule has 9 heteroatoms. The largest absolute Gasteiger partial charge is 0.468 e. The van der Waals surface area contributed by atoms with Crippen LogP contribution in [0.3, 0.4) is 0 Å². The SMILES string of the molecule is Cc1nn(-c2ccccc2)c2c1[C@H](c1ccco1)c1c(ncn3nc(-c4ccco4)nc13)O2. The van der Waals surface area contributed by atoms with Gasteiger partial charge in [0.2, 0.25) is 17.6 Å². The number of hydrogen-bond acceptors (Lipinski definition) is 7. The van der Waals surface area contributed by atoms with E-state index < -0.39 is 0 Å². The van der Waals surface area contributed by atoms with Crippen LogP contribution in [0, 0.1) is 6.92 Å². The number of aromatic nitrogens is 6. The van der Waals surface area contributed by atoms with Crippen molar-refractivity contribution < 1.29 is 13.6 Å². The molecule has 0 N–H and O–H groups in total. The molecule has 1 atom stereocenters. The number of para-hydroxylation sites is 1. The van der Waals surface area contributed by atoms with E-state index in [0.717, 1.165) is 28.3 Å². The van der Waals surface area contributed by atoms with Crippen LogP contribution in [-0.2, 0) is 0 Å². The minimum absolute atomic E-state index is 0.318. The van der Waals surface area contributed by atoms with E-state index in [0.29, 0.717) is 29.0 Å². The Morgan fingerprint density at radius 1 is 0.879 bits per heavy atom. The number of furan rings is 2. The number of rotatable bonds is 3. The van der Waals surface area contributed by atoms with Gasteiger partial charge in [0.25, 0.3) is 0 Å². The van der Waals surface area contributed by atoms with Gasteiger partial charge in [-0.05, 0) is 43.3 Å². The second-order valence-electron chi connectivity index (χ2n) is 7.75. The highest BCUT2D eigenvalue weighted by Gasteiger charge is 2.39. The fourth-order valence-electron chi connectivity index (χ4n) is 4.37. The van der Waals surface area contributed by atoms with Gasteiger partial charge in [-0.2, -0.15) is 5.10 Å².